The number of benzene rings is 1. The third kappa shape index (κ3) is 2.42. The summed E-state index contributed by atoms with van der Waals surface area (Å²) < 4.78 is 7.08. The SMILES string of the molecule is CCCc1nc2cccc(C(=O)O)c2n1Cc1ccoc1. The Morgan fingerprint density at radius 1 is 1.38 bits per heavy atom. The fourth-order valence-electron chi connectivity index (χ4n) is 2.56. The molecule has 2 heterocycles. The van der Waals surface area contributed by atoms with Crippen molar-refractivity contribution < 1.29 is 14.3 Å². The largest absolute Gasteiger partial charge is 0.478 e. The normalized spacial score (nSPS) is 11.1. The summed E-state index contributed by atoms with van der Waals surface area (Å²) in [6, 6.07) is 7.09. The average Bonchev–Trinajstić information content (AvgIpc) is 3.08. The smallest absolute Gasteiger partial charge is 0.337 e. The number of carboxylic acids is 1. The average molecular weight is 284 g/mol. The van der Waals surface area contributed by atoms with E-state index in [1.807, 2.05) is 16.7 Å². The van der Waals surface area contributed by atoms with Gasteiger partial charge in [-0.05, 0) is 24.6 Å². The lowest BCUT2D eigenvalue weighted by atomic mass is 10.2. The van der Waals surface area contributed by atoms with Crippen molar-refractivity contribution in [3.8, 4) is 0 Å². The minimum Gasteiger partial charge on any atom is -0.478 e. The fourth-order valence-corrected chi connectivity index (χ4v) is 2.56. The van der Waals surface area contributed by atoms with Crippen molar-refractivity contribution in [2.24, 2.45) is 0 Å². The highest BCUT2D eigenvalue weighted by molar-refractivity contribution is 6.01. The van der Waals surface area contributed by atoms with E-state index in [-0.39, 0.29) is 5.56 Å². The molecule has 2 aromatic heterocycles. The molecule has 108 valence electrons. The highest BCUT2D eigenvalue weighted by Gasteiger charge is 2.17. The van der Waals surface area contributed by atoms with E-state index in [2.05, 4.69) is 11.9 Å². The topological polar surface area (TPSA) is 68.3 Å². The summed E-state index contributed by atoms with van der Waals surface area (Å²) in [5, 5.41) is 9.41. The number of fused-ring (bicyclic) bond motifs is 1. The van der Waals surface area contributed by atoms with Crippen LogP contribution in [-0.2, 0) is 13.0 Å². The minimum atomic E-state index is -0.933. The van der Waals surface area contributed by atoms with Gasteiger partial charge in [-0.3, -0.25) is 0 Å². The molecule has 0 unspecified atom stereocenters. The van der Waals surface area contributed by atoms with Gasteiger partial charge in [0.05, 0.1) is 35.7 Å². The molecule has 5 heteroatoms. The van der Waals surface area contributed by atoms with Crippen molar-refractivity contribution >= 4 is 17.0 Å². The van der Waals surface area contributed by atoms with Crippen molar-refractivity contribution in [1.82, 2.24) is 9.55 Å². The van der Waals surface area contributed by atoms with E-state index in [1.165, 1.54) is 0 Å². The summed E-state index contributed by atoms with van der Waals surface area (Å²) >= 11 is 0. The molecule has 0 radical (unpaired) electrons. The van der Waals surface area contributed by atoms with Crippen molar-refractivity contribution in [3.05, 3.63) is 53.7 Å². The molecule has 0 bridgehead atoms. The molecule has 3 aromatic rings. The van der Waals surface area contributed by atoms with Crippen LogP contribution in [-0.4, -0.2) is 20.6 Å². The molecule has 0 saturated carbocycles. The maximum absolute atomic E-state index is 11.5. The second-order valence-electron chi connectivity index (χ2n) is 4.97. The van der Waals surface area contributed by atoms with Crippen LogP contribution < -0.4 is 0 Å². The van der Waals surface area contributed by atoms with E-state index >= 15 is 0 Å². The number of imidazole rings is 1. The van der Waals surface area contributed by atoms with Gasteiger partial charge in [-0.2, -0.15) is 0 Å². The van der Waals surface area contributed by atoms with Gasteiger partial charge in [-0.25, -0.2) is 9.78 Å². The summed E-state index contributed by atoms with van der Waals surface area (Å²) in [7, 11) is 0. The number of aromatic nitrogens is 2. The fraction of sp³-hybridized carbons (Fsp3) is 0.250. The first-order chi connectivity index (χ1) is 10.2. The number of para-hydroxylation sites is 1. The van der Waals surface area contributed by atoms with Gasteiger partial charge in [0.15, 0.2) is 0 Å². The maximum atomic E-state index is 11.5. The van der Waals surface area contributed by atoms with E-state index in [0.29, 0.717) is 12.1 Å². The molecule has 0 amide bonds. The lowest BCUT2D eigenvalue weighted by Crippen LogP contribution is -2.07. The Morgan fingerprint density at radius 3 is 2.90 bits per heavy atom. The zero-order valence-corrected chi connectivity index (χ0v) is 11.7. The number of aromatic carboxylic acids is 1. The molecule has 0 fully saturated rings. The standard InChI is InChI=1S/C16H16N2O3/c1-2-4-14-17-13-6-3-5-12(16(19)20)15(13)18(14)9-11-7-8-21-10-11/h3,5-8,10H,2,4,9H2,1H3,(H,19,20). The quantitative estimate of drug-likeness (QED) is 0.780. The Hall–Kier alpha value is -2.56. The summed E-state index contributed by atoms with van der Waals surface area (Å²) in [4.78, 5) is 16.1. The molecule has 21 heavy (non-hydrogen) atoms. The van der Waals surface area contributed by atoms with Crippen LogP contribution in [0.5, 0.6) is 0 Å². The molecule has 0 spiro atoms. The van der Waals surface area contributed by atoms with Crippen molar-refractivity contribution in [2.75, 3.05) is 0 Å². The molecule has 3 rings (SSSR count). The second kappa shape index (κ2) is 5.44. The van der Waals surface area contributed by atoms with Gasteiger partial charge < -0.3 is 14.1 Å². The number of rotatable bonds is 5. The number of hydrogen-bond donors (Lipinski definition) is 1. The first kappa shape index (κ1) is 13.4. The van der Waals surface area contributed by atoms with Gasteiger partial charge in [0.2, 0.25) is 0 Å². The number of carboxylic acid groups (broad SMARTS) is 1. The van der Waals surface area contributed by atoms with Gasteiger partial charge in [0.25, 0.3) is 0 Å². The molecule has 0 saturated heterocycles. The van der Waals surface area contributed by atoms with Crippen LogP contribution in [0.3, 0.4) is 0 Å². The lowest BCUT2D eigenvalue weighted by molar-refractivity contribution is 0.0698. The minimum absolute atomic E-state index is 0.283. The van der Waals surface area contributed by atoms with E-state index in [4.69, 9.17) is 4.42 Å². The Bertz CT molecular complexity index is 772. The monoisotopic (exact) mass is 284 g/mol. The van der Waals surface area contributed by atoms with Crippen molar-refractivity contribution in [2.45, 2.75) is 26.3 Å². The first-order valence-electron chi connectivity index (χ1n) is 6.93. The number of nitrogens with zero attached hydrogens (tertiary/aromatic N) is 2. The summed E-state index contributed by atoms with van der Waals surface area (Å²) in [6.07, 6.45) is 5.06. The third-order valence-electron chi connectivity index (χ3n) is 3.47. The number of hydrogen-bond acceptors (Lipinski definition) is 3. The van der Waals surface area contributed by atoms with E-state index < -0.39 is 5.97 Å². The maximum Gasteiger partial charge on any atom is 0.337 e. The zero-order valence-electron chi connectivity index (χ0n) is 11.7. The molecule has 1 aromatic carbocycles. The predicted molar refractivity (Wildman–Crippen MR) is 78.5 cm³/mol. The summed E-state index contributed by atoms with van der Waals surface area (Å²) in [5.41, 5.74) is 2.68. The van der Waals surface area contributed by atoms with Gasteiger partial charge in [-0.15, -0.1) is 0 Å². The molecule has 0 aliphatic carbocycles. The Morgan fingerprint density at radius 2 is 2.24 bits per heavy atom. The molecular weight excluding hydrogens is 268 g/mol. The highest BCUT2D eigenvalue weighted by Crippen LogP contribution is 2.23. The highest BCUT2D eigenvalue weighted by atomic mass is 16.4. The van der Waals surface area contributed by atoms with Crippen LogP contribution in [0.2, 0.25) is 0 Å². The van der Waals surface area contributed by atoms with Crippen LogP contribution in [0.25, 0.3) is 11.0 Å². The van der Waals surface area contributed by atoms with E-state index in [1.54, 1.807) is 24.7 Å². The van der Waals surface area contributed by atoms with Crippen LogP contribution in [0.15, 0.2) is 41.2 Å². The number of aryl methyl sites for hydroxylation is 1. The van der Waals surface area contributed by atoms with Gasteiger partial charge in [-0.1, -0.05) is 13.0 Å². The van der Waals surface area contributed by atoms with Crippen LogP contribution >= 0.6 is 0 Å². The lowest BCUT2D eigenvalue weighted by Gasteiger charge is -2.08. The number of carbonyl (C=O) groups is 1. The third-order valence-corrected chi connectivity index (χ3v) is 3.47. The van der Waals surface area contributed by atoms with Crippen LogP contribution in [0.1, 0.15) is 35.1 Å². The summed E-state index contributed by atoms with van der Waals surface area (Å²) in [6.45, 7) is 2.65. The van der Waals surface area contributed by atoms with E-state index in [0.717, 1.165) is 29.7 Å². The van der Waals surface area contributed by atoms with Gasteiger partial charge >= 0.3 is 5.97 Å². The first-order valence-corrected chi connectivity index (χ1v) is 6.93. The van der Waals surface area contributed by atoms with Crippen LogP contribution in [0, 0.1) is 0 Å². The molecule has 0 aliphatic heterocycles. The Balaban J connectivity index is 2.21. The van der Waals surface area contributed by atoms with Crippen LogP contribution in [0.4, 0.5) is 0 Å². The second-order valence-corrected chi connectivity index (χ2v) is 4.97. The van der Waals surface area contributed by atoms with Gasteiger partial charge in [0, 0.05) is 12.0 Å². The number of furan rings is 1. The summed E-state index contributed by atoms with van der Waals surface area (Å²) in [5.74, 6) is -0.0283. The predicted octanol–water partition coefficient (Wildman–Crippen LogP) is 3.33. The van der Waals surface area contributed by atoms with Crippen molar-refractivity contribution in [3.63, 3.8) is 0 Å². The zero-order chi connectivity index (χ0) is 14.8. The molecule has 0 aliphatic rings. The molecule has 1 N–H and O–H groups in total. The Labute approximate surface area is 121 Å². The Kier molecular flexibility index (Phi) is 3.48. The van der Waals surface area contributed by atoms with Gasteiger partial charge in [0.1, 0.15) is 5.82 Å². The molecule has 5 nitrogen and oxygen atoms in total. The van der Waals surface area contributed by atoms with Crippen molar-refractivity contribution in [1.29, 1.82) is 0 Å². The molecular formula is C16H16N2O3. The van der Waals surface area contributed by atoms with E-state index in [9.17, 15) is 9.90 Å². The molecule has 0 atom stereocenters.